The van der Waals surface area contributed by atoms with Crippen molar-refractivity contribution in [2.75, 3.05) is 5.38 Å². The zero-order valence-electron chi connectivity index (χ0n) is 10.6. The Labute approximate surface area is 108 Å². The third-order valence-corrected chi connectivity index (χ3v) is 4.32. The maximum atomic E-state index is 5.45. The molecule has 0 saturated heterocycles. The van der Waals surface area contributed by atoms with Gasteiger partial charge in [0.1, 0.15) is 0 Å². The van der Waals surface area contributed by atoms with Gasteiger partial charge in [0.05, 0.1) is 0 Å². The summed E-state index contributed by atoms with van der Waals surface area (Å²) in [5, 5.41) is 0.913. The summed E-state index contributed by atoms with van der Waals surface area (Å²) in [6, 6.07) is 0. The van der Waals surface area contributed by atoms with Crippen molar-refractivity contribution in [1.29, 1.82) is 0 Å². The van der Waals surface area contributed by atoms with Crippen LogP contribution in [0.4, 0.5) is 0 Å². The summed E-state index contributed by atoms with van der Waals surface area (Å²) in [5.41, 5.74) is 0.255. The molecular weight excluding hydrogens is 236 g/mol. The largest absolute Gasteiger partial charge is 0.134 e. The van der Waals surface area contributed by atoms with Crippen LogP contribution in [0.25, 0.3) is 0 Å². The van der Waals surface area contributed by atoms with Crippen LogP contribution < -0.4 is 0 Å². The molecule has 3 radical (unpaired) electrons. The summed E-state index contributed by atoms with van der Waals surface area (Å²) < 4.78 is 0. The third kappa shape index (κ3) is 5.88. The van der Waals surface area contributed by atoms with E-state index in [0.29, 0.717) is 0 Å². The van der Waals surface area contributed by atoms with Gasteiger partial charge in [-0.15, -0.1) is 11.8 Å². The first-order valence-corrected chi connectivity index (χ1v) is 7.23. The predicted molar refractivity (Wildman–Crippen MR) is 77.8 cm³/mol. The molecule has 0 saturated carbocycles. The summed E-state index contributed by atoms with van der Waals surface area (Å²) in [6.45, 7) is 13.1. The fraction of sp³-hybridized carbons (Fsp3) is 0.750. The zero-order chi connectivity index (χ0) is 12.3. The van der Waals surface area contributed by atoms with Crippen LogP contribution in [0, 0.1) is 10.8 Å². The molecule has 0 aromatic carbocycles. The van der Waals surface area contributed by atoms with Crippen molar-refractivity contribution in [2.24, 2.45) is 10.8 Å². The molecule has 0 atom stereocenters. The van der Waals surface area contributed by atoms with Gasteiger partial charge in [-0.25, -0.2) is 0 Å². The highest BCUT2D eigenvalue weighted by atomic mass is 32.2. The Morgan fingerprint density at radius 3 is 1.87 bits per heavy atom. The van der Waals surface area contributed by atoms with Crippen molar-refractivity contribution in [3.05, 3.63) is 11.0 Å². The van der Waals surface area contributed by atoms with E-state index in [9.17, 15) is 0 Å². The fourth-order valence-electron chi connectivity index (χ4n) is 0.888. The highest BCUT2D eigenvalue weighted by Crippen LogP contribution is 2.35. The number of thiocarbonyl (C=S) groups is 1. The quantitative estimate of drug-likeness (QED) is 0.422. The van der Waals surface area contributed by atoms with Gasteiger partial charge in [-0.1, -0.05) is 53.8 Å². The first-order valence-electron chi connectivity index (χ1n) is 5.13. The highest BCUT2D eigenvalue weighted by Gasteiger charge is 2.21. The Kier molecular flexibility index (Phi) is 5.79. The van der Waals surface area contributed by atoms with Gasteiger partial charge in [0.15, 0.2) is 0 Å². The molecule has 0 aliphatic heterocycles. The van der Waals surface area contributed by atoms with Gasteiger partial charge in [0.25, 0.3) is 0 Å². The second-order valence-corrected chi connectivity index (χ2v) is 7.98. The molecule has 85 valence electrons. The maximum absolute atomic E-state index is 5.45. The second-order valence-electron chi connectivity index (χ2n) is 5.66. The second kappa shape index (κ2) is 5.64. The van der Waals surface area contributed by atoms with Gasteiger partial charge in [0.2, 0.25) is 0 Å². The van der Waals surface area contributed by atoms with Gasteiger partial charge in [-0.3, -0.25) is 0 Å². The molecule has 0 amide bonds. The minimum atomic E-state index is 0.0815. The van der Waals surface area contributed by atoms with Crippen molar-refractivity contribution < 1.29 is 0 Å². The highest BCUT2D eigenvalue weighted by molar-refractivity contribution is 8.04. The van der Waals surface area contributed by atoms with E-state index in [1.54, 1.807) is 0 Å². The summed E-state index contributed by atoms with van der Waals surface area (Å²) in [4.78, 5) is 2.37. The standard InChI is InChI=1S/C12H21S2Si/c1-11(2,3)9(13)7-10(14-8-15)12(4,5)6/h7H,8H2,1-6H3/b10-7-. The average molecular weight is 258 g/mol. The average Bonchev–Trinajstić information content (AvgIpc) is 1.99. The summed E-state index contributed by atoms with van der Waals surface area (Å²) in [6.07, 6.45) is 2.17. The molecule has 0 aromatic heterocycles. The predicted octanol–water partition coefficient (Wildman–Crippen LogP) is 4.19. The Hall–Kier alpha value is 0.397. The van der Waals surface area contributed by atoms with E-state index < -0.39 is 0 Å². The number of thioether (sulfide) groups is 1. The molecule has 15 heavy (non-hydrogen) atoms. The molecule has 0 nitrogen and oxygen atoms in total. The molecule has 0 spiro atoms. The molecular formula is C12H21S2Si. The van der Waals surface area contributed by atoms with Gasteiger partial charge < -0.3 is 0 Å². The lowest BCUT2D eigenvalue weighted by Gasteiger charge is -2.25. The maximum Gasteiger partial charge on any atom is 0.0372 e. The Balaban J connectivity index is 4.94. The normalized spacial score (nSPS) is 14.2. The molecule has 0 rings (SSSR count). The van der Waals surface area contributed by atoms with E-state index in [1.165, 1.54) is 4.91 Å². The SMILES string of the molecule is CC(C)(C)C(=S)/C=C(\SC[Si])C(C)(C)C. The van der Waals surface area contributed by atoms with Gasteiger partial charge in [-0.2, -0.15) is 0 Å². The van der Waals surface area contributed by atoms with E-state index in [4.69, 9.17) is 12.2 Å². The van der Waals surface area contributed by atoms with Crippen molar-refractivity contribution in [3.63, 3.8) is 0 Å². The van der Waals surface area contributed by atoms with E-state index in [-0.39, 0.29) is 10.8 Å². The molecule has 0 heterocycles. The lowest BCUT2D eigenvalue weighted by atomic mass is 9.88. The topological polar surface area (TPSA) is 0 Å². The molecule has 0 aliphatic rings. The van der Waals surface area contributed by atoms with Crippen LogP contribution in [0.1, 0.15) is 41.5 Å². The number of allylic oxidation sites excluding steroid dienone is 2. The van der Waals surface area contributed by atoms with E-state index in [2.05, 4.69) is 57.9 Å². The third-order valence-electron chi connectivity index (χ3n) is 1.97. The molecule has 0 bridgehead atoms. The molecule has 0 aromatic rings. The summed E-state index contributed by atoms with van der Waals surface area (Å²) >= 11 is 7.26. The van der Waals surface area contributed by atoms with Crippen LogP contribution >= 0.6 is 24.0 Å². The Morgan fingerprint density at radius 1 is 1.13 bits per heavy atom. The van der Waals surface area contributed by atoms with E-state index in [0.717, 1.165) is 10.2 Å². The molecule has 0 N–H and O–H groups in total. The van der Waals surface area contributed by atoms with E-state index >= 15 is 0 Å². The van der Waals surface area contributed by atoms with Crippen LogP contribution in [0.3, 0.4) is 0 Å². The van der Waals surface area contributed by atoms with Crippen LogP contribution in [0.2, 0.25) is 0 Å². The molecule has 0 aliphatic carbocycles. The lowest BCUT2D eigenvalue weighted by molar-refractivity contribution is 0.532. The first-order chi connectivity index (χ1) is 6.59. The van der Waals surface area contributed by atoms with Crippen molar-refractivity contribution in [2.45, 2.75) is 41.5 Å². The zero-order valence-corrected chi connectivity index (χ0v) is 13.2. The first kappa shape index (κ1) is 15.4. The van der Waals surface area contributed by atoms with Crippen molar-refractivity contribution >= 4 is 39.1 Å². The van der Waals surface area contributed by atoms with Gasteiger partial charge in [0, 0.05) is 15.1 Å². The molecule has 0 unspecified atom stereocenters. The molecule has 3 heteroatoms. The van der Waals surface area contributed by atoms with Gasteiger partial charge >= 0.3 is 0 Å². The van der Waals surface area contributed by atoms with Crippen molar-refractivity contribution in [1.82, 2.24) is 0 Å². The minimum Gasteiger partial charge on any atom is -0.134 e. The van der Waals surface area contributed by atoms with Crippen LogP contribution in [-0.4, -0.2) is 20.5 Å². The Bertz CT molecular complexity index is 254. The van der Waals surface area contributed by atoms with Gasteiger partial charge in [-0.05, 0) is 27.2 Å². The smallest absolute Gasteiger partial charge is 0.0372 e. The fourth-order valence-corrected chi connectivity index (χ4v) is 2.34. The van der Waals surface area contributed by atoms with Crippen LogP contribution in [0.5, 0.6) is 0 Å². The lowest BCUT2D eigenvalue weighted by Crippen LogP contribution is -2.18. The Morgan fingerprint density at radius 2 is 1.60 bits per heavy atom. The number of hydrogen-bond acceptors (Lipinski definition) is 2. The van der Waals surface area contributed by atoms with Crippen LogP contribution in [-0.2, 0) is 0 Å². The van der Waals surface area contributed by atoms with Crippen LogP contribution in [0.15, 0.2) is 11.0 Å². The molecule has 0 fully saturated rings. The van der Waals surface area contributed by atoms with Crippen molar-refractivity contribution in [3.8, 4) is 0 Å². The minimum absolute atomic E-state index is 0.0815. The summed E-state index contributed by atoms with van der Waals surface area (Å²) in [5.74, 6) is 0. The van der Waals surface area contributed by atoms with E-state index in [1.807, 2.05) is 11.8 Å². The number of rotatable bonds is 3. The monoisotopic (exact) mass is 257 g/mol. The number of hydrogen-bond donors (Lipinski definition) is 0. The summed E-state index contributed by atoms with van der Waals surface area (Å²) in [7, 11) is 3.51.